The Labute approximate surface area is 77.9 Å². The molecule has 0 bridgehead atoms. The van der Waals surface area contributed by atoms with Gasteiger partial charge in [-0.15, -0.1) is 0 Å². The van der Waals surface area contributed by atoms with E-state index in [0.29, 0.717) is 12.1 Å². The molecular formula is C9H15N3O. The summed E-state index contributed by atoms with van der Waals surface area (Å²) in [5.41, 5.74) is 0. The quantitative estimate of drug-likeness (QED) is 0.756. The number of aryl methyl sites for hydroxylation is 1. The van der Waals surface area contributed by atoms with Crippen LogP contribution in [0.4, 0.5) is 5.82 Å². The molecule has 0 aliphatic heterocycles. The highest BCUT2D eigenvalue weighted by Gasteiger charge is 2.28. The molecule has 1 saturated carbocycles. The van der Waals surface area contributed by atoms with Crippen LogP contribution in [0.3, 0.4) is 0 Å². The Morgan fingerprint density at radius 2 is 2.38 bits per heavy atom. The van der Waals surface area contributed by atoms with Crippen LogP contribution in [0.5, 0.6) is 0 Å². The number of aromatic nitrogens is 2. The molecule has 13 heavy (non-hydrogen) atoms. The monoisotopic (exact) mass is 181 g/mol. The summed E-state index contributed by atoms with van der Waals surface area (Å²) in [5, 5.41) is 7.60. The van der Waals surface area contributed by atoms with Crippen LogP contribution in [-0.4, -0.2) is 29.0 Å². The van der Waals surface area contributed by atoms with Gasteiger partial charge in [-0.3, -0.25) is 4.68 Å². The van der Waals surface area contributed by atoms with E-state index in [9.17, 15) is 0 Å². The molecule has 0 unspecified atom stereocenters. The Balaban J connectivity index is 1.81. The van der Waals surface area contributed by atoms with Gasteiger partial charge in [0.05, 0.1) is 6.10 Å². The smallest absolute Gasteiger partial charge is 0.148 e. The summed E-state index contributed by atoms with van der Waals surface area (Å²) in [6, 6.07) is 2.53. The van der Waals surface area contributed by atoms with Gasteiger partial charge in [-0.25, -0.2) is 0 Å². The maximum Gasteiger partial charge on any atom is 0.148 e. The second-order valence-corrected chi connectivity index (χ2v) is 3.55. The summed E-state index contributed by atoms with van der Waals surface area (Å²) >= 11 is 0. The molecule has 1 heterocycles. The van der Waals surface area contributed by atoms with E-state index in [1.54, 1.807) is 11.8 Å². The average molecular weight is 181 g/mol. The van der Waals surface area contributed by atoms with Crippen molar-refractivity contribution < 1.29 is 4.74 Å². The summed E-state index contributed by atoms with van der Waals surface area (Å²) in [5.74, 6) is 0.960. The average Bonchev–Trinajstić information content (AvgIpc) is 2.43. The van der Waals surface area contributed by atoms with Crippen LogP contribution in [0.25, 0.3) is 0 Å². The predicted octanol–water partition coefficient (Wildman–Crippen LogP) is 1.01. The molecule has 0 amide bonds. The van der Waals surface area contributed by atoms with Crippen LogP contribution in [-0.2, 0) is 11.8 Å². The minimum atomic E-state index is 0.446. The third kappa shape index (κ3) is 1.83. The number of methoxy groups -OCH3 is 1. The lowest BCUT2D eigenvalue weighted by Crippen LogP contribution is -2.40. The van der Waals surface area contributed by atoms with Gasteiger partial charge in [0.15, 0.2) is 0 Å². The van der Waals surface area contributed by atoms with Crippen LogP contribution in [0.1, 0.15) is 12.8 Å². The van der Waals surface area contributed by atoms with E-state index in [1.807, 2.05) is 19.3 Å². The van der Waals surface area contributed by atoms with Gasteiger partial charge in [0, 0.05) is 32.5 Å². The first-order valence-corrected chi connectivity index (χ1v) is 4.57. The van der Waals surface area contributed by atoms with Crippen molar-refractivity contribution in [3.63, 3.8) is 0 Å². The van der Waals surface area contributed by atoms with E-state index < -0.39 is 0 Å². The molecule has 0 saturated heterocycles. The standard InChI is InChI=1S/C9H15N3O/c1-12-4-3-9(11-12)10-7-5-8(6-7)13-2/h3-4,7-8H,5-6H2,1-2H3,(H,10,11). The first-order chi connectivity index (χ1) is 6.28. The van der Waals surface area contributed by atoms with Crippen molar-refractivity contribution in [2.24, 2.45) is 7.05 Å². The van der Waals surface area contributed by atoms with Crippen molar-refractivity contribution in [2.75, 3.05) is 12.4 Å². The summed E-state index contributed by atoms with van der Waals surface area (Å²) in [6.07, 6.45) is 4.57. The molecule has 1 aromatic rings. The van der Waals surface area contributed by atoms with Gasteiger partial charge in [0.1, 0.15) is 5.82 Å². The van der Waals surface area contributed by atoms with E-state index in [0.717, 1.165) is 18.7 Å². The molecule has 1 fully saturated rings. The van der Waals surface area contributed by atoms with Crippen molar-refractivity contribution in [2.45, 2.75) is 25.0 Å². The van der Waals surface area contributed by atoms with Crippen LogP contribution in [0.15, 0.2) is 12.3 Å². The molecule has 1 aliphatic rings. The Kier molecular flexibility index (Phi) is 2.22. The fourth-order valence-electron chi connectivity index (χ4n) is 1.58. The normalized spacial score (nSPS) is 26.9. The maximum atomic E-state index is 5.19. The SMILES string of the molecule is COC1CC(Nc2ccn(C)n2)C1. The zero-order chi connectivity index (χ0) is 9.26. The van der Waals surface area contributed by atoms with E-state index in [4.69, 9.17) is 4.74 Å². The molecule has 0 aromatic carbocycles. The van der Waals surface area contributed by atoms with Crippen molar-refractivity contribution in [3.05, 3.63) is 12.3 Å². The molecular weight excluding hydrogens is 166 g/mol. The van der Waals surface area contributed by atoms with E-state index >= 15 is 0 Å². The highest BCUT2D eigenvalue weighted by molar-refractivity contribution is 5.34. The van der Waals surface area contributed by atoms with Crippen LogP contribution in [0, 0.1) is 0 Å². The van der Waals surface area contributed by atoms with Gasteiger partial charge in [-0.2, -0.15) is 5.10 Å². The molecule has 0 spiro atoms. The minimum absolute atomic E-state index is 0.446. The van der Waals surface area contributed by atoms with Gasteiger partial charge >= 0.3 is 0 Å². The first kappa shape index (κ1) is 8.56. The Morgan fingerprint density at radius 1 is 1.62 bits per heavy atom. The lowest BCUT2D eigenvalue weighted by atomic mass is 9.89. The number of nitrogens with zero attached hydrogens (tertiary/aromatic N) is 2. The Bertz CT molecular complexity index is 278. The van der Waals surface area contributed by atoms with Gasteiger partial charge in [0.25, 0.3) is 0 Å². The number of nitrogens with one attached hydrogen (secondary N) is 1. The molecule has 72 valence electrons. The zero-order valence-corrected chi connectivity index (χ0v) is 8.03. The van der Waals surface area contributed by atoms with E-state index in [1.165, 1.54) is 0 Å². The number of anilines is 1. The van der Waals surface area contributed by atoms with Gasteiger partial charge in [0.2, 0.25) is 0 Å². The van der Waals surface area contributed by atoms with Crippen LogP contribution >= 0.6 is 0 Å². The van der Waals surface area contributed by atoms with Gasteiger partial charge in [-0.05, 0) is 12.8 Å². The van der Waals surface area contributed by atoms with Crippen molar-refractivity contribution >= 4 is 5.82 Å². The number of ether oxygens (including phenoxy) is 1. The second kappa shape index (κ2) is 3.38. The van der Waals surface area contributed by atoms with E-state index in [-0.39, 0.29) is 0 Å². The van der Waals surface area contributed by atoms with E-state index in [2.05, 4.69) is 10.4 Å². The molecule has 4 heteroatoms. The number of rotatable bonds is 3. The van der Waals surface area contributed by atoms with Crippen LogP contribution < -0.4 is 5.32 Å². The lowest BCUT2D eigenvalue weighted by molar-refractivity contribution is 0.0328. The highest BCUT2D eigenvalue weighted by atomic mass is 16.5. The Hall–Kier alpha value is -1.03. The first-order valence-electron chi connectivity index (χ1n) is 4.57. The molecule has 1 aliphatic carbocycles. The minimum Gasteiger partial charge on any atom is -0.381 e. The summed E-state index contributed by atoms with van der Waals surface area (Å²) < 4.78 is 6.99. The van der Waals surface area contributed by atoms with Crippen molar-refractivity contribution in [1.29, 1.82) is 0 Å². The van der Waals surface area contributed by atoms with Gasteiger partial charge < -0.3 is 10.1 Å². The molecule has 0 radical (unpaired) electrons. The summed E-state index contributed by atoms with van der Waals surface area (Å²) in [7, 11) is 3.69. The topological polar surface area (TPSA) is 39.1 Å². The zero-order valence-electron chi connectivity index (χ0n) is 8.03. The van der Waals surface area contributed by atoms with Crippen molar-refractivity contribution in [3.8, 4) is 0 Å². The molecule has 1 N–H and O–H groups in total. The fraction of sp³-hybridized carbons (Fsp3) is 0.667. The molecule has 0 atom stereocenters. The number of hydrogen-bond donors (Lipinski definition) is 1. The van der Waals surface area contributed by atoms with Gasteiger partial charge in [-0.1, -0.05) is 0 Å². The summed E-state index contributed by atoms with van der Waals surface area (Å²) in [6.45, 7) is 0. The lowest BCUT2D eigenvalue weighted by Gasteiger charge is -2.34. The van der Waals surface area contributed by atoms with Crippen LogP contribution in [0.2, 0.25) is 0 Å². The highest BCUT2D eigenvalue weighted by Crippen LogP contribution is 2.25. The molecule has 4 nitrogen and oxygen atoms in total. The van der Waals surface area contributed by atoms with Crippen molar-refractivity contribution in [1.82, 2.24) is 9.78 Å². The molecule has 2 rings (SSSR count). The summed E-state index contributed by atoms with van der Waals surface area (Å²) in [4.78, 5) is 0. The third-order valence-electron chi connectivity index (χ3n) is 2.49. The number of hydrogen-bond acceptors (Lipinski definition) is 3. The second-order valence-electron chi connectivity index (χ2n) is 3.55. The molecule has 1 aromatic heterocycles. The fourth-order valence-corrected chi connectivity index (χ4v) is 1.58. The predicted molar refractivity (Wildman–Crippen MR) is 50.6 cm³/mol. The Morgan fingerprint density at radius 3 is 2.92 bits per heavy atom. The maximum absolute atomic E-state index is 5.19. The third-order valence-corrected chi connectivity index (χ3v) is 2.49. The largest absolute Gasteiger partial charge is 0.381 e.